The fraction of sp³-hybridized carbons (Fsp3) is 0.583. The molecule has 1 heterocycles. The van der Waals surface area contributed by atoms with Crippen LogP contribution in [0.2, 0.25) is 0 Å². The third-order valence-corrected chi connectivity index (χ3v) is 4.36. The van der Waals surface area contributed by atoms with Gasteiger partial charge < -0.3 is 14.3 Å². The van der Waals surface area contributed by atoms with Crippen LogP contribution in [0.5, 0.6) is 0 Å². The first-order valence-electron chi connectivity index (χ1n) is 6.14. The molecule has 0 saturated heterocycles. The van der Waals surface area contributed by atoms with Crippen LogP contribution in [0.1, 0.15) is 35.7 Å². The Labute approximate surface area is 118 Å². The highest BCUT2D eigenvalue weighted by molar-refractivity contribution is 7.89. The highest BCUT2D eigenvalue weighted by atomic mass is 32.2. The summed E-state index contributed by atoms with van der Waals surface area (Å²) in [5.74, 6) is -1.22. The first kappa shape index (κ1) is 16.7. The lowest BCUT2D eigenvalue weighted by molar-refractivity contribution is 0.0691. The maximum atomic E-state index is 12.3. The van der Waals surface area contributed by atoms with Gasteiger partial charge in [0.15, 0.2) is 0 Å². The average Bonchev–Trinajstić information content (AvgIpc) is 2.61. The van der Waals surface area contributed by atoms with Crippen LogP contribution in [0.4, 0.5) is 0 Å². The second-order valence-corrected chi connectivity index (χ2v) is 6.06. The van der Waals surface area contributed by atoms with Gasteiger partial charge in [-0.3, -0.25) is 0 Å². The lowest BCUT2D eigenvalue weighted by atomic mass is 10.2. The van der Waals surface area contributed by atoms with Gasteiger partial charge in [-0.25, -0.2) is 17.9 Å². The molecule has 20 heavy (non-hydrogen) atoms. The third kappa shape index (κ3) is 3.59. The van der Waals surface area contributed by atoms with Crippen LogP contribution in [-0.4, -0.2) is 38.7 Å². The number of furan rings is 1. The second-order valence-electron chi connectivity index (χ2n) is 4.41. The van der Waals surface area contributed by atoms with Gasteiger partial charge in [-0.15, -0.1) is 0 Å². The van der Waals surface area contributed by atoms with Crippen LogP contribution in [0.25, 0.3) is 0 Å². The molecule has 1 rings (SSSR count). The lowest BCUT2D eigenvalue weighted by Gasteiger charge is -2.14. The minimum Gasteiger partial charge on any atom is -0.478 e. The summed E-state index contributed by atoms with van der Waals surface area (Å²) in [6.45, 7) is 6.94. The molecule has 0 aliphatic heterocycles. The lowest BCUT2D eigenvalue weighted by Crippen LogP contribution is -2.36. The van der Waals surface area contributed by atoms with Crippen molar-refractivity contribution in [3.05, 3.63) is 17.1 Å². The molecule has 0 aliphatic carbocycles. The van der Waals surface area contributed by atoms with Crippen LogP contribution in [-0.2, 0) is 14.8 Å². The predicted octanol–water partition coefficient (Wildman–Crippen LogP) is 1.30. The molecule has 0 amide bonds. The molecule has 8 heteroatoms. The molecule has 1 unspecified atom stereocenters. The Hall–Kier alpha value is -1.38. The molecule has 1 aromatic rings. The summed E-state index contributed by atoms with van der Waals surface area (Å²) in [5, 5.41) is 9.12. The minimum absolute atomic E-state index is 0.0519. The van der Waals surface area contributed by atoms with E-state index in [9.17, 15) is 13.2 Å². The van der Waals surface area contributed by atoms with Gasteiger partial charge in [0.05, 0.1) is 6.61 Å². The molecule has 0 aliphatic rings. The summed E-state index contributed by atoms with van der Waals surface area (Å²) < 4.78 is 37.2. The summed E-state index contributed by atoms with van der Waals surface area (Å²) in [7, 11) is -3.98. The van der Waals surface area contributed by atoms with E-state index in [4.69, 9.17) is 14.3 Å². The molecule has 0 aromatic carbocycles. The van der Waals surface area contributed by atoms with E-state index < -0.39 is 22.0 Å². The van der Waals surface area contributed by atoms with E-state index in [1.807, 2.05) is 0 Å². The Kier molecular flexibility index (Phi) is 5.32. The fourth-order valence-corrected chi connectivity index (χ4v) is 3.52. The zero-order valence-corrected chi connectivity index (χ0v) is 12.7. The summed E-state index contributed by atoms with van der Waals surface area (Å²) in [6, 6.07) is -0.476. The minimum atomic E-state index is -3.98. The topological polar surface area (TPSA) is 106 Å². The Morgan fingerprint density at radius 1 is 1.40 bits per heavy atom. The summed E-state index contributed by atoms with van der Waals surface area (Å²) >= 11 is 0. The highest BCUT2D eigenvalue weighted by Gasteiger charge is 2.31. The zero-order chi connectivity index (χ0) is 15.5. The Morgan fingerprint density at radius 3 is 2.50 bits per heavy atom. The van der Waals surface area contributed by atoms with Crippen molar-refractivity contribution in [1.82, 2.24) is 4.72 Å². The van der Waals surface area contributed by atoms with Crippen molar-refractivity contribution in [2.75, 3.05) is 13.2 Å². The first-order valence-corrected chi connectivity index (χ1v) is 7.62. The van der Waals surface area contributed by atoms with E-state index in [-0.39, 0.29) is 28.6 Å². The molecule has 114 valence electrons. The summed E-state index contributed by atoms with van der Waals surface area (Å²) in [4.78, 5) is 10.9. The van der Waals surface area contributed by atoms with Crippen molar-refractivity contribution >= 4 is 16.0 Å². The first-order chi connectivity index (χ1) is 9.20. The Morgan fingerprint density at radius 2 is 2.00 bits per heavy atom. The summed E-state index contributed by atoms with van der Waals surface area (Å²) in [6.07, 6.45) is 0. The van der Waals surface area contributed by atoms with Crippen molar-refractivity contribution in [3.63, 3.8) is 0 Å². The third-order valence-electron chi connectivity index (χ3n) is 2.62. The maximum Gasteiger partial charge on any atom is 0.340 e. The van der Waals surface area contributed by atoms with Gasteiger partial charge in [0.25, 0.3) is 0 Å². The van der Waals surface area contributed by atoms with Crippen LogP contribution < -0.4 is 4.72 Å². The van der Waals surface area contributed by atoms with Gasteiger partial charge in [-0.05, 0) is 27.7 Å². The molecule has 0 saturated carbocycles. The van der Waals surface area contributed by atoms with Gasteiger partial charge in [0.2, 0.25) is 10.0 Å². The van der Waals surface area contributed by atoms with Gasteiger partial charge in [-0.2, -0.15) is 0 Å². The van der Waals surface area contributed by atoms with E-state index in [0.29, 0.717) is 6.61 Å². The van der Waals surface area contributed by atoms with E-state index in [1.54, 1.807) is 13.8 Å². The number of aryl methyl sites for hydroxylation is 2. The molecule has 0 fully saturated rings. The van der Waals surface area contributed by atoms with Gasteiger partial charge in [-0.1, -0.05) is 0 Å². The predicted molar refractivity (Wildman–Crippen MR) is 71.4 cm³/mol. The quantitative estimate of drug-likeness (QED) is 0.786. The maximum absolute atomic E-state index is 12.3. The largest absolute Gasteiger partial charge is 0.478 e. The Bertz CT molecular complexity index is 589. The average molecular weight is 305 g/mol. The molecule has 0 spiro atoms. The number of carbonyl (C=O) groups is 1. The van der Waals surface area contributed by atoms with Crippen molar-refractivity contribution in [1.29, 1.82) is 0 Å². The SMILES string of the molecule is CCOCC(C)NS(=O)(=O)c1c(C)oc(C)c1C(=O)O. The standard InChI is InChI=1S/C12H19NO6S/c1-5-18-6-7(2)13-20(16,17)11-9(4)19-8(3)10(11)12(14)15/h7,13H,5-6H2,1-4H3,(H,14,15). The van der Waals surface area contributed by atoms with E-state index in [2.05, 4.69) is 4.72 Å². The number of hydrogen-bond acceptors (Lipinski definition) is 5. The van der Waals surface area contributed by atoms with Crippen LogP contribution in [0.15, 0.2) is 9.31 Å². The fourth-order valence-electron chi connectivity index (χ4n) is 1.89. The van der Waals surface area contributed by atoms with Gasteiger partial charge >= 0.3 is 5.97 Å². The number of carboxylic acid groups (broad SMARTS) is 1. The number of rotatable bonds is 7. The van der Waals surface area contributed by atoms with Gasteiger partial charge in [0, 0.05) is 12.6 Å². The zero-order valence-electron chi connectivity index (χ0n) is 11.9. The molecule has 0 radical (unpaired) electrons. The summed E-state index contributed by atoms with van der Waals surface area (Å²) in [5.41, 5.74) is -0.335. The molecule has 2 N–H and O–H groups in total. The molecule has 1 aromatic heterocycles. The Balaban J connectivity index is 3.13. The van der Waals surface area contributed by atoms with E-state index in [0.717, 1.165) is 0 Å². The molecular weight excluding hydrogens is 286 g/mol. The van der Waals surface area contributed by atoms with Crippen molar-refractivity contribution < 1.29 is 27.5 Å². The van der Waals surface area contributed by atoms with Crippen molar-refractivity contribution in [3.8, 4) is 0 Å². The van der Waals surface area contributed by atoms with Crippen LogP contribution in [0.3, 0.4) is 0 Å². The van der Waals surface area contributed by atoms with Crippen molar-refractivity contribution in [2.24, 2.45) is 0 Å². The number of nitrogens with one attached hydrogen (secondary N) is 1. The van der Waals surface area contributed by atoms with Crippen LogP contribution >= 0.6 is 0 Å². The van der Waals surface area contributed by atoms with Gasteiger partial charge in [0.1, 0.15) is 22.0 Å². The normalized spacial score (nSPS) is 13.4. The molecule has 0 bridgehead atoms. The van der Waals surface area contributed by atoms with Crippen LogP contribution in [0, 0.1) is 13.8 Å². The van der Waals surface area contributed by atoms with E-state index in [1.165, 1.54) is 13.8 Å². The number of sulfonamides is 1. The monoisotopic (exact) mass is 305 g/mol. The van der Waals surface area contributed by atoms with Crippen molar-refractivity contribution in [2.45, 2.75) is 38.6 Å². The highest BCUT2D eigenvalue weighted by Crippen LogP contribution is 2.26. The molecule has 7 nitrogen and oxygen atoms in total. The number of hydrogen-bond donors (Lipinski definition) is 2. The second kappa shape index (κ2) is 6.38. The smallest absolute Gasteiger partial charge is 0.340 e. The number of aromatic carboxylic acids is 1. The number of ether oxygens (including phenoxy) is 1. The molecular formula is C12H19NO6S. The molecule has 1 atom stereocenters. The number of carboxylic acids is 1. The van der Waals surface area contributed by atoms with E-state index >= 15 is 0 Å².